The number of nitrogens with zero attached hydrogens (tertiary/aromatic N) is 2. The van der Waals surface area contributed by atoms with Crippen LogP contribution in [0.25, 0.3) is 11.1 Å². The van der Waals surface area contributed by atoms with E-state index in [0.717, 1.165) is 16.2 Å². The summed E-state index contributed by atoms with van der Waals surface area (Å²) in [6.45, 7) is 2.09. The molecule has 4 heteroatoms. The molecule has 0 aromatic carbocycles. The predicted octanol–water partition coefficient (Wildman–Crippen LogP) is 2.50. The highest BCUT2D eigenvalue weighted by molar-refractivity contribution is 7.98. The third-order valence-electron chi connectivity index (χ3n) is 2.10. The molecule has 1 N–H and O–H groups in total. The molecule has 2 rings (SSSR count). The number of rotatable bonds is 2. The lowest BCUT2D eigenvalue weighted by Gasteiger charge is -2.03. The summed E-state index contributed by atoms with van der Waals surface area (Å²) in [6.07, 6.45) is 7.61. The van der Waals surface area contributed by atoms with E-state index in [9.17, 15) is 0 Å². The average Bonchev–Trinajstić information content (AvgIpc) is 2.70. The number of aromatic amines is 1. The quantitative estimate of drug-likeness (QED) is 0.766. The third kappa shape index (κ3) is 1.65. The van der Waals surface area contributed by atoms with Gasteiger partial charge in [-0.3, -0.25) is 5.10 Å². The van der Waals surface area contributed by atoms with Crippen molar-refractivity contribution in [2.24, 2.45) is 0 Å². The second-order valence-electron chi connectivity index (χ2n) is 3.03. The van der Waals surface area contributed by atoms with Gasteiger partial charge < -0.3 is 0 Å². The maximum atomic E-state index is 4.34. The Kier molecular flexibility index (Phi) is 2.54. The molecule has 0 saturated carbocycles. The second-order valence-corrected chi connectivity index (χ2v) is 3.86. The highest BCUT2D eigenvalue weighted by Crippen LogP contribution is 2.23. The van der Waals surface area contributed by atoms with Crippen molar-refractivity contribution < 1.29 is 0 Å². The summed E-state index contributed by atoms with van der Waals surface area (Å²) in [7, 11) is 0. The second kappa shape index (κ2) is 3.84. The van der Waals surface area contributed by atoms with E-state index in [1.807, 2.05) is 24.8 Å². The van der Waals surface area contributed by atoms with Gasteiger partial charge in [-0.25, -0.2) is 4.98 Å². The van der Waals surface area contributed by atoms with Crippen molar-refractivity contribution in [3.8, 4) is 11.1 Å². The number of thioether (sulfide) groups is 1. The molecule has 0 saturated heterocycles. The minimum atomic E-state index is 1.05. The molecule has 0 bridgehead atoms. The molecule has 0 aliphatic heterocycles. The van der Waals surface area contributed by atoms with Gasteiger partial charge in [-0.15, -0.1) is 11.8 Å². The first-order valence-corrected chi connectivity index (χ1v) is 5.53. The van der Waals surface area contributed by atoms with E-state index in [1.165, 1.54) is 5.56 Å². The minimum Gasteiger partial charge on any atom is -0.285 e. The van der Waals surface area contributed by atoms with Crippen molar-refractivity contribution in [1.29, 1.82) is 0 Å². The van der Waals surface area contributed by atoms with Crippen molar-refractivity contribution in [1.82, 2.24) is 15.2 Å². The molecule has 0 radical (unpaired) electrons. The van der Waals surface area contributed by atoms with Gasteiger partial charge in [-0.1, -0.05) is 0 Å². The van der Waals surface area contributed by atoms with Crippen LogP contribution < -0.4 is 0 Å². The Hall–Kier alpha value is -1.29. The first-order valence-electron chi connectivity index (χ1n) is 4.31. The van der Waals surface area contributed by atoms with Crippen LogP contribution in [-0.2, 0) is 0 Å². The molecule has 0 spiro atoms. The van der Waals surface area contributed by atoms with Crippen LogP contribution in [0.4, 0.5) is 0 Å². The van der Waals surface area contributed by atoms with E-state index >= 15 is 0 Å². The Bertz CT molecular complexity index is 423. The first kappa shape index (κ1) is 9.27. The van der Waals surface area contributed by atoms with Gasteiger partial charge in [-0.2, -0.15) is 5.10 Å². The van der Waals surface area contributed by atoms with Crippen molar-refractivity contribution in [3.05, 3.63) is 30.2 Å². The van der Waals surface area contributed by atoms with Crippen LogP contribution in [0.2, 0.25) is 0 Å². The lowest BCUT2D eigenvalue weighted by Crippen LogP contribution is -1.86. The molecule has 3 nitrogen and oxygen atoms in total. The highest BCUT2D eigenvalue weighted by atomic mass is 32.2. The summed E-state index contributed by atoms with van der Waals surface area (Å²) in [5.41, 5.74) is 3.45. The number of H-pyrrole nitrogens is 1. The fourth-order valence-electron chi connectivity index (χ4n) is 1.34. The molecule has 2 heterocycles. The highest BCUT2D eigenvalue weighted by Gasteiger charge is 2.04. The molecule has 0 unspecified atom stereocenters. The zero-order valence-electron chi connectivity index (χ0n) is 8.11. The molecule has 72 valence electrons. The van der Waals surface area contributed by atoms with Gasteiger partial charge in [0, 0.05) is 23.5 Å². The molecular weight excluding hydrogens is 194 g/mol. The maximum Gasteiger partial charge on any atom is 0.0960 e. The summed E-state index contributed by atoms with van der Waals surface area (Å²) in [5, 5.41) is 7.78. The van der Waals surface area contributed by atoms with Crippen molar-refractivity contribution in [2.45, 2.75) is 11.9 Å². The topological polar surface area (TPSA) is 41.6 Å². The van der Waals surface area contributed by atoms with Crippen molar-refractivity contribution >= 4 is 11.8 Å². The molecule has 0 aliphatic rings. The van der Waals surface area contributed by atoms with Gasteiger partial charge in [-0.05, 0) is 24.8 Å². The smallest absolute Gasteiger partial charge is 0.0960 e. The zero-order valence-corrected chi connectivity index (χ0v) is 8.93. The van der Waals surface area contributed by atoms with Gasteiger partial charge in [0.25, 0.3) is 0 Å². The Morgan fingerprint density at radius 2 is 2.21 bits per heavy atom. The molecule has 0 atom stereocenters. The van der Waals surface area contributed by atoms with Crippen LogP contribution in [0.5, 0.6) is 0 Å². The molecule has 0 aliphatic carbocycles. The maximum absolute atomic E-state index is 4.34. The summed E-state index contributed by atoms with van der Waals surface area (Å²) >= 11 is 1.65. The molecule has 0 fully saturated rings. The Balaban J connectivity index is 2.46. The number of pyridine rings is 1. The zero-order chi connectivity index (χ0) is 9.97. The van der Waals surface area contributed by atoms with E-state index in [1.54, 1.807) is 11.8 Å². The number of aromatic nitrogens is 3. The predicted molar refractivity (Wildman–Crippen MR) is 58.3 cm³/mol. The monoisotopic (exact) mass is 205 g/mol. The molecular formula is C10H11N3S. The Morgan fingerprint density at radius 3 is 2.79 bits per heavy atom. The Labute approximate surface area is 87.0 Å². The van der Waals surface area contributed by atoms with Crippen LogP contribution in [-0.4, -0.2) is 21.4 Å². The first-order chi connectivity index (χ1) is 6.81. The lowest BCUT2D eigenvalue weighted by molar-refractivity contribution is 1.09. The van der Waals surface area contributed by atoms with Crippen LogP contribution in [0.15, 0.2) is 29.7 Å². The standard InChI is InChI=1S/C10H11N3S/c1-7-3-10(14-2)11-6-9(7)8-4-12-13-5-8/h3-6H,1-2H3,(H,12,13). The number of nitrogens with one attached hydrogen (secondary N) is 1. The molecule has 0 amide bonds. The normalized spacial score (nSPS) is 10.4. The van der Waals surface area contributed by atoms with Crippen LogP contribution >= 0.6 is 11.8 Å². The summed E-state index contributed by atoms with van der Waals surface area (Å²) in [4.78, 5) is 4.34. The fourth-order valence-corrected chi connectivity index (χ4v) is 1.79. The van der Waals surface area contributed by atoms with Gasteiger partial charge in [0.15, 0.2) is 0 Å². The van der Waals surface area contributed by atoms with Gasteiger partial charge in [0.1, 0.15) is 0 Å². The van der Waals surface area contributed by atoms with E-state index in [-0.39, 0.29) is 0 Å². The summed E-state index contributed by atoms with van der Waals surface area (Å²) in [5.74, 6) is 0. The minimum absolute atomic E-state index is 1.05. The third-order valence-corrected chi connectivity index (χ3v) is 2.75. The van der Waals surface area contributed by atoms with Gasteiger partial charge in [0.2, 0.25) is 0 Å². The Morgan fingerprint density at radius 1 is 1.36 bits per heavy atom. The van der Waals surface area contributed by atoms with Crippen LogP contribution in [0, 0.1) is 6.92 Å². The number of hydrogen-bond acceptors (Lipinski definition) is 3. The van der Waals surface area contributed by atoms with Crippen molar-refractivity contribution in [3.63, 3.8) is 0 Å². The van der Waals surface area contributed by atoms with Crippen LogP contribution in [0.1, 0.15) is 5.56 Å². The lowest BCUT2D eigenvalue weighted by atomic mass is 10.1. The summed E-state index contributed by atoms with van der Waals surface area (Å²) < 4.78 is 0. The van der Waals surface area contributed by atoms with E-state index in [4.69, 9.17) is 0 Å². The van der Waals surface area contributed by atoms with E-state index in [0.29, 0.717) is 0 Å². The van der Waals surface area contributed by atoms with E-state index < -0.39 is 0 Å². The van der Waals surface area contributed by atoms with Crippen molar-refractivity contribution in [2.75, 3.05) is 6.26 Å². The van der Waals surface area contributed by atoms with Crippen LogP contribution in [0.3, 0.4) is 0 Å². The van der Waals surface area contributed by atoms with E-state index in [2.05, 4.69) is 28.2 Å². The molecule has 14 heavy (non-hydrogen) atoms. The number of hydrogen-bond donors (Lipinski definition) is 1. The SMILES string of the molecule is CSc1cc(C)c(-c2cn[nH]c2)cn1. The largest absolute Gasteiger partial charge is 0.285 e. The molecule has 2 aromatic rings. The summed E-state index contributed by atoms with van der Waals surface area (Å²) in [6, 6.07) is 2.09. The number of aryl methyl sites for hydroxylation is 1. The average molecular weight is 205 g/mol. The molecule has 2 aromatic heterocycles. The fraction of sp³-hybridized carbons (Fsp3) is 0.200. The van der Waals surface area contributed by atoms with Gasteiger partial charge >= 0.3 is 0 Å². The van der Waals surface area contributed by atoms with Gasteiger partial charge in [0.05, 0.1) is 11.2 Å².